The van der Waals surface area contributed by atoms with Gasteiger partial charge in [0.25, 0.3) is 0 Å². The van der Waals surface area contributed by atoms with Crippen molar-refractivity contribution in [3.63, 3.8) is 0 Å². The molecule has 2 rings (SSSR count). The van der Waals surface area contributed by atoms with Crippen LogP contribution >= 0.6 is 0 Å². The molecule has 4 nitrogen and oxygen atoms in total. The van der Waals surface area contributed by atoms with Crippen LogP contribution in [0, 0.1) is 5.92 Å². The van der Waals surface area contributed by atoms with Crippen molar-refractivity contribution in [2.45, 2.75) is 39.7 Å². The predicted octanol–water partition coefficient (Wildman–Crippen LogP) is 2.65. The van der Waals surface area contributed by atoms with Gasteiger partial charge in [0.1, 0.15) is 0 Å². The van der Waals surface area contributed by atoms with E-state index in [0.717, 1.165) is 17.8 Å². The average Bonchev–Trinajstić information content (AvgIpc) is 2.38. The Morgan fingerprint density at radius 2 is 1.85 bits per heavy atom. The Kier molecular flexibility index (Phi) is 4.55. The van der Waals surface area contributed by atoms with Gasteiger partial charge in [0.15, 0.2) is 0 Å². The molecule has 1 heterocycles. The van der Waals surface area contributed by atoms with Gasteiger partial charge in [0.05, 0.1) is 5.69 Å². The van der Waals surface area contributed by atoms with E-state index in [1.165, 1.54) is 4.90 Å². The van der Waals surface area contributed by atoms with Crippen molar-refractivity contribution >= 4 is 17.5 Å². The number of nitrogens with zero attached hydrogens (tertiary/aromatic N) is 1. The summed E-state index contributed by atoms with van der Waals surface area (Å²) in [4.78, 5) is 25.8. The average molecular weight is 274 g/mol. The van der Waals surface area contributed by atoms with Crippen LogP contribution in [0.5, 0.6) is 0 Å². The lowest BCUT2D eigenvalue weighted by molar-refractivity contribution is -0.130. The minimum Gasteiger partial charge on any atom is -0.310 e. The van der Waals surface area contributed by atoms with E-state index in [1.807, 2.05) is 45.0 Å². The van der Waals surface area contributed by atoms with Crippen molar-refractivity contribution < 1.29 is 9.59 Å². The number of rotatable bonds is 4. The molecule has 2 amide bonds. The molecular weight excluding hydrogens is 252 g/mol. The summed E-state index contributed by atoms with van der Waals surface area (Å²) in [5, 5.41) is 3.33. The molecule has 1 unspecified atom stereocenters. The number of carbonyl (C=O) groups is 2. The monoisotopic (exact) mass is 274 g/mol. The van der Waals surface area contributed by atoms with Crippen LogP contribution in [-0.2, 0) is 9.59 Å². The fourth-order valence-electron chi connectivity index (χ4n) is 2.73. The Bertz CT molecular complexity index is 495. The third-order valence-electron chi connectivity index (χ3n) is 3.70. The smallest absolute Gasteiger partial charge is 0.234 e. The fourth-order valence-corrected chi connectivity index (χ4v) is 2.73. The van der Waals surface area contributed by atoms with Gasteiger partial charge in [-0.25, -0.2) is 0 Å². The van der Waals surface area contributed by atoms with Gasteiger partial charge in [-0.15, -0.1) is 0 Å². The molecular formula is C16H22N2O2. The number of carbonyl (C=O) groups excluding carboxylic acids is 2. The van der Waals surface area contributed by atoms with Gasteiger partial charge in [-0.1, -0.05) is 32.0 Å². The van der Waals surface area contributed by atoms with Gasteiger partial charge < -0.3 is 5.32 Å². The maximum Gasteiger partial charge on any atom is 0.234 e. The molecule has 20 heavy (non-hydrogen) atoms. The van der Waals surface area contributed by atoms with E-state index in [2.05, 4.69) is 5.32 Å². The third kappa shape index (κ3) is 2.90. The van der Waals surface area contributed by atoms with Crippen molar-refractivity contribution in [3.05, 3.63) is 29.8 Å². The van der Waals surface area contributed by atoms with Gasteiger partial charge in [0.2, 0.25) is 11.8 Å². The molecule has 1 aliphatic heterocycles. The van der Waals surface area contributed by atoms with Crippen LogP contribution in [0.2, 0.25) is 0 Å². The molecule has 1 aromatic carbocycles. The zero-order chi connectivity index (χ0) is 14.7. The zero-order valence-corrected chi connectivity index (χ0v) is 12.3. The van der Waals surface area contributed by atoms with E-state index in [1.54, 1.807) is 0 Å². The number of benzene rings is 1. The van der Waals surface area contributed by atoms with Gasteiger partial charge in [0, 0.05) is 18.9 Å². The lowest BCUT2D eigenvalue weighted by atomic mass is 9.95. The molecule has 4 heteroatoms. The first-order valence-corrected chi connectivity index (χ1v) is 7.22. The number of anilines is 1. The first-order chi connectivity index (χ1) is 9.54. The number of imide groups is 1. The Morgan fingerprint density at radius 1 is 1.25 bits per heavy atom. The second kappa shape index (κ2) is 6.18. The van der Waals surface area contributed by atoms with Gasteiger partial charge in [-0.05, 0) is 31.0 Å². The van der Waals surface area contributed by atoms with E-state index in [4.69, 9.17) is 0 Å². The van der Waals surface area contributed by atoms with Gasteiger partial charge in [-0.3, -0.25) is 14.5 Å². The largest absolute Gasteiger partial charge is 0.310 e. The molecule has 0 spiro atoms. The summed E-state index contributed by atoms with van der Waals surface area (Å²) in [6, 6.07) is 7.75. The van der Waals surface area contributed by atoms with Crippen molar-refractivity contribution in [2.24, 2.45) is 5.92 Å². The van der Waals surface area contributed by atoms with Crippen LogP contribution in [0.25, 0.3) is 0 Å². The van der Waals surface area contributed by atoms with E-state index in [0.29, 0.717) is 12.8 Å². The molecule has 0 radical (unpaired) electrons. The number of para-hydroxylation sites is 1. The highest BCUT2D eigenvalue weighted by atomic mass is 16.2. The van der Waals surface area contributed by atoms with Crippen molar-refractivity contribution in [2.75, 3.05) is 11.4 Å². The first-order valence-electron chi connectivity index (χ1n) is 7.22. The molecule has 0 aliphatic carbocycles. The molecule has 1 aromatic rings. The quantitative estimate of drug-likeness (QED) is 0.859. The molecule has 1 N–H and O–H groups in total. The standard InChI is InChI=1S/C16H22N2O2/c1-4-17-12(3)13-7-5-6-8-14(13)18-15(19)9-11(2)10-16(18)20/h5-8,11-12,17H,4,9-10H2,1-3H3. The van der Waals surface area contributed by atoms with Crippen LogP contribution in [-0.4, -0.2) is 18.4 Å². The highest BCUT2D eigenvalue weighted by molar-refractivity contribution is 6.17. The van der Waals surface area contributed by atoms with Gasteiger partial charge >= 0.3 is 0 Å². The van der Waals surface area contributed by atoms with E-state index in [9.17, 15) is 9.59 Å². The second-order valence-electron chi connectivity index (χ2n) is 5.47. The Morgan fingerprint density at radius 3 is 2.45 bits per heavy atom. The minimum atomic E-state index is -0.0927. The summed E-state index contributed by atoms with van der Waals surface area (Å²) in [5.41, 5.74) is 1.72. The lowest BCUT2D eigenvalue weighted by Crippen LogP contribution is -2.43. The Hall–Kier alpha value is -1.68. The lowest BCUT2D eigenvalue weighted by Gasteiger charge is -2.31. The summed E-state index contributed by atoms with van der Waals surface area (Å²) in [7, 11) is 0. The summed E-state index contributed by atoms with van der Waals surface area (Å²) < 4.78 is 0. The SMILES string of the molecule is CCNC(C)c1ccccc1N1C(=O)CC(C)CC1=O. The number of amides is 2. The topological polar surface area (TPSA) is 49.4 Å². The van der Waals surface area contributed by atoms with Crippen LogP contribution < -0.4 is 10.2 Å². The van der Waals surface area contributed by atoms with E-state index < -0.39 is 0 Å². The normalized spacial score (nSPS) is 18.4. The summed E-state index contributed by atoms with van der Waals surface area (Å²) in [5.74, 6) is -0.0422. The van der Waals surface area contributed by atoms with Crippen LogP contribution in [0.3, 0.4) is 0 Å². The molecule has 1 aliphatic rings. The fraction of sp³-hybridized carbons (Fsp3) is 0.500. The summed E-state index contributed by atoms with van der Waals surface area (Å²) >= 11 is 0. The number of nitrogens with one attached hydrogen (secondary N) is 1. The number of hydrogen-bond donors (Lipinski definition) is 1. The Balaban J connectivity index is 2.37. The second-order valence-corrected chi connectivity index (χ2v) is 5.47. The molecule has 1 saturated heterocycles. The highest BCUT2D eigenvalue weighted by Gasteiger charge is 2.33. The minimum absolute atomic E-state index is 0.0927. The molecule has 1 fully saturated rings. The third-order valence-corrected chi connectivity index (χ3v) is 3.70. The molecule has 0 saturated carbocycles. The van der Waals surface area contributed by atoms with Crippen molar-refractivity contribution in [3.8, 4) is 0 Å². The summed E-state index contributed by atoms with van der Waals surface area (Å²) in [6.07, 6.45) is 0.880. The van der Waals surface area contributed by atoms with Crippen LogP contribution in [0.1, 0.15) is 45.2 Å². The molecule has 1 atom stereocenters. The van der Waals surface area contributed by atoms with E-state index in [-0.39, 0.29) is 23.8 Å². The molecule has 0 aromatic heterocycles. The molecule has 108 valence electrons. The first kappa shape index (κ1) is 14.7. The number of piperidine rings is 1. The maximum absolute atomic E-state index is 12.2. The van der Waals surface area contributed by atoms with Crippen molar-refractivity contribution in [1.82, 2.24) is 5.32 Å². The Labute approximate surface area is 120 Å². The van der Waals surface area contributed by atoms with Crippen LogP contribution in [0.15, 0.2) is 24.3 Å². The highest BCUT2D eigenvalue weighted by Crippen LogP contribution is 2.31. The van der Waals surface area contributed by atoms with Gasteiger partial charge in [-0.2, -0.15) is 0 Å². The maximum atomic E-state index is 12.2. The summed E-state index contributed by atoms with van der Waals surface area (Å²) in [6.45, 7) is 6.87. The van der Waals surface area contributed by atoms with E-state index >= 15 is 0 Å². The molecule has 0 bridgehead atoms. The van der Waals surface area contributed by atoms with Crippen molar-refractivity contribution in [1.29, 1.82) is 0 Å². The predicted molar refractivity (Wildman–Crippen MR) is 79.4 cm³/mol. The number of hydrogen-bond acceptors (Lipinski definition) is 3. The zero-order valence-electron chi connectivity index (χ0n) is 12.3. The van der Waals surface area contributed by atoms with Crippen LogP contribution in [0.4, 0.5) is 5.69 Å².